The van der Waals surface area contributed by atoms with Crippen molar-refractivity contribution in [1.29, 1.82) is 0 Å². The second-order valence-electron chi connectivity index (χ2n) is 4.59. The maximum absolute atomic E-state index is 12.2. The summed E-state index contributed by atoms with van der Waals surface area (Å²) in [7, 11) is 1.52. The van der Waals surface area contributed by atoms with E-state index in [-0.39, 0.29) is 11.7 Å². The van der Waals surface area contributed by atoms with E-state index in [0.717, 1.165) is 5.69 Å². The highest BCUT2D eigenvalue weighted by molar-refractivity contribution is 6.08. The molecule has 1 heterocycles. The molecular weight excluding hydrogens is 268 g/mol. The summed E-state index contributed by atoms with van der Waals surface area (Å²) in [6.45, 7) is 3.26. The number of nitrogens with one attached hydrogen (secondary N) is 1. The van der Waals surface area contributed by atoms with Crippen molar-refractivity contribution in [3.8, 4) is 5.75 Å². The highest BCUT2D eigenvalue weighted by Crippen LogP contribution is 2.23. The number of Topliss-reactive ketones (excluding diaryl/α,β-unsaturated/α-hetero) is 1. The Morgan fingerprint density at radius 3 is 2.57 bits per heavy atom. The van der Waals surface area contributed by atoms with Crippen LogP contribution in [0.3, 0.4) is 0 Å². The molecule has 0 fully saturated rings. The number of methoxy groups -OCH3 is 1. The second-order valence-corrected chi connectivity index (χ2v) is 4.59. The average Bonchev–Trinajstić information content (AvgIpc) is 2.46. The number of amides is 1. The minimum Gasteiger partial charge on any atom is -0.497 e. The van der Waals surface area contributed by atoms with Gasteiger partial charge < -0.3 is 10.1 Å². The molecule has 0 unspecified atom stereocenters. The van der Waals surface area contributed by atoms with Gasteiger partial charge in [-0.3, -0.25) is 9.59 Å². The third-order valence-electron chi connectivity index (χ3n) is 2.98. The second kappa shape index (κ2) is 6.17. The number of nitrogens with zero attached hydrogens (tertiary/aromatic N) is 1. The number of rotatable bonds is 4. The van der Waals surface area contributed by atoms with Gasteiger partial charge >= 0.3 is 0 Å². The van der Waals surface area contributed by atoms with Crippen LogP contribution in [0.5, 0.6) is 5.75 Å². The third kappa shape index (κ3) is 3.45. The maximum atomic E-state index is 12.2. The molecule has 2 aromatic rings. The Hall–Kier alpha value is -2.69. The molecule has 108 valence electrons. The summed E-state index contributed by atoms with van der Waals surface area (Å²) in [5.41, 5.74) is 1.89. The van der Waals surface area contributed by atoms with Gasteiger partial charge in [-0.25, -0.2) is 4.98 Å². The number of hydrogen-bond acceptors (Lipinski definition) is 4. The Morgan fingerprint density at radius 1 is 1.19 bits per heavy atom. The zero-order chi connectivity index (χ0) is 15.4. The third-order valence-corrected chi connectivity index (χ3v) is 2.98. The van der Waals surface area contributed by atoms with Crippen LogP contribution in [0.25, 0.3) is 0 Å². The van der Waals surface area contributed by atoms with E-state index in [0.29, 0.717) is 22.7 Å². The summed E-state index contributed by atoms with van der Waals surface area (Å²) in [4.78, 5) is 28.0. The monoisotopic (exact) mass is 284 g/mol. The molecule has 0 spiro atoms. The van der Waals surface area contributed by atoms with Gasteiger partial charge in [0.1, 0.15) is 11.4 Å². The molecule has 1 amide bonds. The Morgan fingerprint density at radius 2 is 1.95 bits per heavy atom. The Kier molecular flexibility index (Phi) is 4.33. The molecule has 0 bridgehead atoms. The summed E-state index contributed by atoms with van der Waals surface area (Å²) in [5.74, 6) is 0.0621. The van der Waals surface area contributed by atoms with Crippen molar-refractivity contribution in [3.63, 3.8) is 0 Å². The molecule has 1 aromatic heterocycles. The smallest absolute Gasteiger partial charge is 0.274 e. The van der Waals surface area contributed by atoms with Crippen molar-refractivity contribution in [2.24, 2.45) is 0 Å². The standard InChI is InChI=1S/C16H16N2O3/c1-10-5-4-6-14(17-10)16(20)18-15-9-12(21-3)7-8-13(15)11(2)19/h4-9H,1-3H3,(H,18,20). The van der Waals surface area contributed by atoms with Crippen LogP contribution in [0.1, 0.15) is 33.5 Å². The zero-order valence-corrected chi connectivity index (χ0v) is 12.1. The van der Waals surface area contributed by atoms with Crippen molar-refractivity contribution in [2.75, 3.05) is 12.4 Å². The Bertz CT molecular complexity index is 696. The molecular formula is C16H16N2O3. The first-order chi connectivity index (χ1) is 10.0. The fourth-order valence-corrected chi connectivity index (χ4v) is 1.92. The van der Waals surface area contributed by atoms with Crippen molar-refractivity contribution in [1.82, 2.24) is 4.98 Å². The van der Waals surface area contributed by atoms with Gasteiger partial charge in [-0.1, -0.05) is 6.07 Å². The van der Waals surface area contributed by atoms with Gasteiger partial charge in [0, 0.05) is 17.3 Å². The quantitative estimate of drug-likeness (QED) is 0.877. The molecule has 0 aliphatic heterocycles. The van der Waals surface area contributed by atoms with Gasteiger partial charge in [0.25, 0.3) is 5.91 Å². The van der Waals surface area contributed by atoms with Crippen LogP contribution in [-0.2, 0) is 0 Å². The molecule has 0 atom stereocenters. The number of ether oxygens (including phenoxy) is 1. The predicted molar refractivity (Wildman–Crippen MR) is 79.9 cm³/mol. The number of benzene rings is 1. The van der Waals surface area contributed by atoms with Gasteiger partial charge in [0.15, 0.2) is 5.78 Å². The molecule has 0 aliphatic carbocycles. The van der Waals surface area contributed by atoms with E-state index < -0.39 is 0 Å². The lowest BCUT2D eigenvalue weighted by Crippen LogP contribution is -2.16. The minimum absolute atomic E-state index is 0.134. The summed E-state index contributed by atoms with van der Waals surface area (Å²) in [5, 5.41) is 2.71. The fourth-order valence-electron chi connectivity index (χ4n) is 1.92. The van der Waals surface area contributed by atoms with E-state index in [1.165, 1.54) is 14.0 Å². The van der Waals surface area contributed by atoms with Gasteiger partial charge in [-0.2, -0.15) is 0 Å². The number of aryl methyl sites for hydroxylation is 1. The molecule has 0 aliphatic rings. The van der Waals surface area contributed by atoms with E-state index in [9.17, 15) is 9.59 Å². The fraction of sp³-hybridized carbons (Fsp3) is 0.188. The van der Waals surface area contributed by atoms with Gasteiger partial charge in [0.05, 0.1) is 12.8 Å². The predicted octanol–water partition coefficient (Wildman–Crippen LogP) is 2.85. The van der Waals surface area contributed by atoms with Crippen LogP contribution < -0.4 is 10.1 Å². The minimum atomic E-state index is -0.366. The van der Waals surface area contributed by atoms with Crippen LogP contribution in [0.4, 0.5) is 5.69 Å². The molecule has 0 saturated carbocycles. The van der Waals surface area contributed by atoms with Crippen molar-refractivity contribution in [3.05, 3.63) is 53.3 Å². The van der Waals surface area contributed by atoms with Crippen LogP contribution in [0, 0.1) is 6.92 Å². The number of carbonyl (C=O) groups excluding carboxylic acids is 2. The maximum Gasteiger partial charge on any atom is 0.274 e. The molecule has 1 aromatic carbocycles. The van der Waals surface area contributed by atoms with E-state index in [1.807, 2.05) is 13.0 Å². The van der Waals surface area contributed by atoms with Crippen molar-refractivity contribution < 1.29 is 14.3 Å². The molecule has 2 rings (SSSR count). The topological polar surface area (TPSA) is 68.3 Å². The number of pyridine rings is 1. The molecule has 21 heavy (non-hydrogen) atoms. The normalized spacial score (nSPS) is 10.0. The van der Waals surface area contributed by atoms with Crippen LogP contribution in [0.2, 0.25) is 0 Å². The van der Waals surface area contributed by atoms with Gasteiger partial charge in [-0.15, -0.1) is 0 Å². The molecule has 0 saturated heterocycles. The first-order valence-electron chi connectivity index (χ1n) is 6.45. The van der Waals surface area contributed by atoms with Gasteiger partial charge in [-0.05, 0) is 38.1 Å². The Balaban J connectivity index is 2.33. The number of hydrogen-bond donors (Lipinski definition) is 1. The lowest BCUT2D eigenvalue weighted by Gasteiger charge is -2.11. The number of aromatic nitrogens is 1. The molecule has 5 nitrogen and oxygen atoms in total. The van der Waals surface area contributed by atoms with Gasteiger partial charge in [0.2, 0.25) is 0 Å². The summed E-state index contributed by atoms with van der Waals surface area (Å²) < 4.78 is 5.12. The van der Waals surface area contributed by atoms with E-state index in [1.54, 1.807) is 30.3 Å². The van der Waals surface area contributed by atoms with E-state index >= 15 is 0 Å². The number of ketones is 1. The summed E-state index contributed by atoms with van der Waals surface area (Å²) in [6, 6.07) is 10.1. The summed E-state index contributed by atoms with van der Waals surface area (Å²) in [6.07, 6.45) is 0. The molecule has 0 radical (unpaired) electrons. The lowest BCUT2D eigenvalue weighted by atomic mass is 10.1. The SMILES string of the molecule is COc1ccc(C(C)=O)c(NC(=O)c2cccc(C)n2)c1. The molecule has 5 heteroatoms. The Labute approximate surface area is 123 Å². The first kappa shape index (κ1) is 14.7. The highest BCUT2D eigenvalue weighted by Gasteiger charge is 2.13. The zero-order valence-electron chi connectivity index (χ0n) is 12.1. The average molecular weight is 284 g/mol. The van der Waals surface area contributed by atoms with Crippen LogP contribution in [-0.4, -0.2) is 23.8 Å². The first-order valence-corrected chi connectivity index (χ1v) is 6.45. The number of carbonyl (C=O) groups is 2. The summed E-state index contributed by atoms with van der Waals surface area (Å²) >= 11 is 0. The highest BCUT2D eigenvalue weighted by atomic mass is 16.5. The molecule has 1 N–H and O–H groups in total. The van der Waals surface area contributed by atoms with Crippen molar-refractivity contribution >= 4 is 17.4 Å². The largest absolute Gasteiger partial charge is 0.497 e. The van der Waals surface area contributed by atoms with E-state index in [4.69, 9.17) is 4.74 Å². The van der Waals surface area contributed by atoms with Crippen molar-refractivity contribution in [2.45, 2.75) is 13.8 Å². The number of anilines is 1. The van der Waals surface area contributed by atoms with E-state index in [2.05, 4.69) is 10.3 Å². The van der Waals surface area contributed by atoms with Crippen LogP contribution in [0.15, 0.2) is 36.4 Å². The lowest BCUT2D eigenvalue weighted by molar-refractivity contribution is 0.101. The van der Waals surface area contributed by atoms with Crippen LogP contribution >= 0.6 is 0 Å².